The molecule has 0 amide bonds. The summed E-state index contributed by atoms with van der Waals surface area (Å²) >= 11 is 0. The molecule has 0 atom stereocenters. The summed E-state index contributed by atoms with van der Waals surface area (Å²) in [6, 6.07) is 0. The van der Waals surface area contributed by atoms with E-state index >= 15 is 0 Å². The zero-order chi connectivity index (χ0) is 14.5. The molecule has 0 bridgehead atoms. The number of rotatable bonds is 8. The predicted molar refractivity (Wildman–Crippen MR) is 78.6 cm³/mol. The monoisotopic (exact) mass is 267 g/mol. The van der Waals surface area contributed by atoms with E-state index in [1.165, 1.54) is 0 Å². The van der Waals surface area contributed by atoms with Crippen molar-refractivity contribution in [1.29, 1.82) is 0 Å². The zero-order valence-electron chi connectivity index (χ0n) is 13.1. The Morgan fingerprint density at radius 3 is 2.63 bits per heavy atom. The van der Waals surface area contributed by atoms with Crippen molar-refractivity contribution < 1.29 is 0 Å². The Kier molecular flexibility index (Phi) is 5.94. The Hall–Kier alpha value is -0.940. The molecular weight excluding hydrogens is 238 g/mol. The fourth-order valence-electron chi connectivity index (χ4n) is 2.06. The third kappa shape index (κ3) is 5.28. The quantitative estimate of drug-likeness (QED) is 0.779. The first kappa shape index (κ1) is 16.1. The van der Waals surface area contributed by atoms with Crippen LogP contribution in [-0.4, -0.2) is 39.3 Å². The second-order valence-corrected chi connectivity index (χ2v) is 6.42. The van der Waals surface area contributed by atoms with Gasteiger partial charge in [0.05, 0.1) is 6.54 Å². The lowest BCUT2D eigenvalue weighted by atomic mass is 9.93. The van der Waals surface area contributed by atoms with Crippen LogP contribution in [0.1, 0.15) is 40.4 Å². The van der Waals surface area contributed by atoms with E-state index in [0.29, 0.717) is 12.5 Å². The lowest BCUT2D eigenvalue weighted by molar-refractivity contribution is 0.177. The predicted octanol–water partition coefficient (Wildman–Crippen LogP) is 1.74. The van der Waals surface area contributed by atoms with Crippen LogP contribution in [0.3, 0.4) is 0 Å². The van der Waals surface area contributed by atoms with Crippen LogP contribution in [0.25, 0.3) is 0 Å². The Labute approximate surface area is 117 Å². The summed E-state index contributed by atoms with van der Waals surface area (Å²) in [4.78, 5) is 6.77. The summed E-state index contributed by atoms with van der Waals surface area (Å²) in [5, 5.41) is 4.31. The van der Waals surface area contributed by atoms with Gasteiger partial charge in [-0.2, -0.15) is 5.10 Å². The highest BCUT2D eigenvalue weighted by Crippen LogP contribution is 2.16. The number of hydrogen-bond acceptors (Lipinski definition) is 4. The average Bonchev–Trinajstić information content (AvgIpc) is 2.74. The third-order valence-corrected chi connectivity index (χ3v) is 3.25. The summed E-state index contributed by atoms with van der Waals surface area (Å²) in [6.07, 6.45) is 1.65. The molecule has 0 spiro atoms. The molecule has 110 valence electrons. The highest BCUT2D eigenvalue weighted by Gasteiger charge is 2.20. The van der Waals surface area contributed by atoms with E-state index in [2.05, 4.69) is 49.6 Å². The van der Waals surface area contributed by atoms with E-state index in [-0.39, 0.29) is 5.41 Å². The van der Waals surface area contributed by atoms with E-state index in [1.807, 2.05) is 4.68 Å². The van der Waals surface area contributed by atoms with Crippen LogP contribution >= 0.6 is 0 Å². The fraction of sp³-hybridized carbons (Fsp3) is 0.857. The van der Waals surface area contributed by atoms with Gasteiger partial charge >= 0.3 is 0 Å². The second-order valence-electron chi connectivity index (χ2n) is 6.42. The summed E-state index contributed by atoms with van der Waals surface area (Å²) in [5.41, 5.74) is 5.96. The van der Waals surface area contributed by atoms with Gasteiger partial charge in [0.1, 0.15) is 12.2 Å². The number of nitrogens with two attached hydrogens (primary N) is 1. The van der Waals surface area contributed by atoms with Crippen molar-refractivity contribution >= 4 is 0 Å². The first-order valence-corrected chi connectivity index (χ1v) is 7.17. The van der Waals surface area contributed by atoms with Crippen molar-refractivity contribution in [1.82, 2.24) is 19.7 Å². The molecule has 1 heterocycles. The highest BCUT2D eigenvalue weighted by molar-refractivity contribution is 4.86. The lowest BCUT2D eigenvalue weighted by Crippen LogP contribution is -2.39. The van der Waals surface area contributed by atoms with Crippen molar-refractivity contribution in [3.05, 3.63) is 12.2 Å². The van der Waals surface area contributed by atoms with Gasteiger partial charge in [0.25, 0.3) is 0 Å². The molecule has 19 heavy (non-hydrogen) atoms. The Morgan fingerprint density at radius 2 is 2.11 bits per heavy atom. The van der Waals surface area contributed by atoms with Crippen LogP contribution in [0, 0.1) is 11.3 Å². The topological polar surface area (TPSA) is 60.0 Å². The Balaban J connectivity index is 2.68. The molecule has 2 N–H and O–H groups in total. The first-order valence-electron chi connectivity index (χ1n) is 7.17. The number of hydrogen-bond donors (Lipinski definition) is 1. The van der Waals surface area contributed by atoms with Gasteiger partial charge in [-0.15, -0.1) is 0 Å². The smallest absolute Gasteiger partial charge is 0.141 e. The molecule has 0 aromatic carbocycles. The van der Waals surface area contributed by atoms with Crippen LogP contribution < -0.4 is 5.73 Å². The maximum atomic E-state index is 5.82. The molecule has 0 saturated carbocycles. The maximum Gasteiger partial charge on any atom is 0.141 e. The van der Waals surface area contributed by atoms with Crippen LogP contribution in [0.4, 0.5) is 0 Å². The van der Waals surface area contributed by atoms with Crippen LogP contribution in [0.2, 0.25) is 0 Å². The second kappa shape index (κ2) is 7.01. The minimum atomic E-state index is 0.138. The minimum absolute atomic E-state index is 0.138. The Morgan fingerprint density at radius 1 is 1.42 bits per heavy atom. The normalized spacial score (nSPS) is 12.6. The van der Waals surface area contributed by atoms with Gasteiger partial charge in [0.15, 0.2) is 0 Å². The van der Waals surface area contributed by atoms with E-state index < -0.39 is 0 Å². The molecule has 0 aliphatic carbocycles. The van der Waals surface area contributed by atoms with Gasteiger partial charge in [-0.25, -0.2) is 9.67 Å². The molecule has 1 aromatic rings. The molecule has 1 rings (SSSR count). The average molecular weight is 267 g/mol. The molecule has 0 fully saturated rings. The van der Waals surface area contributed by atoms with Gasteiger partial charge in [-0.1, -0.05) is 34.6 Å². The van der Waals surface area contributed by atoms with E-state index in [0.717, 1.165) is 32.0 Å². The van der Waals surface area contributed by atoms with Crippen LogP contribution in [0.5, 0.6) is 0 Å². The summed E-state index contributed by atoms with van der Waals surface area (Å²) < 4.78 is 2.02. The zero-order valence-corrected chi connectivity index (χ0v) is 13.1. The van der Waals surface area contributed by atoms with Crippen LogP contribution in [0.15, 0.2) is 6.33 Å². The fourth-order valence-corrected chi connectivity index (χ4v) is 2.06. The Bertz CT molecular complexity index is 370. The minimum Gasteiger partial charge on any atom is -0.330 e. The summed E-state index contributed by atoms with van der Waals surface area (Å²) in [6.45, 7) is 15.4. The molecular formula is C14H29N5. The largest absolute Gasteiger partial charge is 0.330 e. The maximum absolute atomic E-state index is 5.82. The number of nitrogens with zero attached hydrogens (tertiary/aromatic N) is 4. The molecule has 5 heteroatoms. The van der Waals surface area contributed by atoms with Gasteiger partial charge in [-0.05, 0) is 24.4 Å². The molecule has 1 aromatic heterocycles. The molecule has 0 aliphatic rings. The van der Waals surface area contributed by atoms with Crippen molar-refractivity contribution in [2.24, 2.45) is 17.1 Å². The SMILES string of the molecule is CCN(Cc1ncnn1CC(C)C)CC(C)(C)CN. The summed E-state index contributed by atoms with van der Waals surface area (Å²) in [5.74, 6) is 1.62. The first-order chi connectivity index (χ1) is 8.88. The van der Waals surface area contributed by atoms with E-state index in [9.17, 15) is 0 Å². The van der Waals surface area contributed by atoms with Gasteiger partial charge in [-0.3, -0.25) is 4.90 Å². The molecule has 0 radical (unpaired) electrons. The van der Waals surface area contributed by atoms with Gasteiger partial charge in [0, 0.05) is 13.1 Å². The molecule has 0 unspecified atom stereocenters. The van der Waals surface area contributed by atoms with Crippen LogP contribution in [-0.2, 0) is 13.1 Å². The van der Waals surface area contributed by atoms with Crippen molar-refractivity contribution in [2.45, 2.75) is 47.7 Å². The lowest BCUT2D eigenvalue weighted by Gasteiger charge is -2.30. The van der Waals surface area contributed by atoms with Crippen molar-refractivity contribution in [2.75, 3.05) is 19.6 Å². The standard InChI is InChI=1S/C14H29N5/c1-6-18(10-14(4,5)9-15)8-13-16-11-17-19(13)7-12(2)3/h11-12H,6-10,15H2,1-5H3. The van der Waals surface area contributed by atoms with Gasteiger partial charge < -0.3 is 5.73 Å². The molecule has 0 aliphatic heterocycles. The van der Waals surface area contributed by atoms with Crippen molar-refractivity contribution in [3.8, 4) is 0 Å². The molecule has 5 nitrogen and oxygen atoms in total. The number of aromatic nitrogens is 3. The summed E-state index contributed by atoms with van der Waals surface area (Å²) in [7, 11) is 0. The third-order valence-electron chi connectivity index (χ3n) is 3.25. The van der Waals surface area contributed by atoms with E-state index in [1.54, 1.807) is 6.33 Å². The van der Waals surface area contributed by atoms with E-state index in [4.69, 9.17) is 5.73 Å². The van der Waals surface area contributed by atoms with Crippen molar-refractivity contribution in [3.63, 3.8) is 0 Å². The molecule has 0 saturated heterocycles. The van der Waals surface area contributed by atoms with Gasteiger partial charge in [0.2, 0.25) is 0 Å². The highest BCUT2D eigenvalue weighted by atomic mass is 15.3.